The lowest BCUT2D eigenvalue weighted by Crippen LogP contribution is -2.37. The first kappa shape index (κ1) is 25.1. The topological polar surface area (TPSA) is 84.2 Å². The Balaban J connectivity index is 1.47. The summed E-state index contributed by atoms with van der Waals surface area (Å²) in [6, 6.07) is 11.7. The van der Waals surface area contributed by atoms with Crippen molar-refractivity contribution in [1.82, 2.24) is 19.5 Å². The van der Waals surface area contributed by atoms with Crippen LogP contribution in [0.5, 0.6) is 0 Å². The summed E-state index contributed by atoms with van der Waals surface area (Å²) in [5, 5.41) is 18.3. The molecule has 0 spiro atoms. The van der Waals surface area contributed by atoms with Gasteiger partial charge in [-0.25, -0.2) is 9.50 Å². The lowest BCUT2D eigenvalue weighted by Gasteiger charge is -2.32. The number of aliphatic hydroxyl groups is 1. The van der Waals surface area contributed by atoms with Gasteiger partial charge in [0.25, 0.3) is 0 Å². The number of aliphatic hydroxyl groups excluding tert-OH is 1. The molecule has 0 bridgehead atoms. The summed E-state index contributed by atoms with van der Waals surface area (Å²) < 4.78 is 12.9. The first-order chi connectivity index (χ1) is 17.5. The van der Waals surface area contributed by atoms with Crippen LogP contribution in [0.1, 0.15) is 62.7 Å². The lowest BCUT2D eigenvalue weighted by atomic mass is 9.85. The number of fused-ring (bicyclic) bond motifs is 1. The van der Waals surface area contributed by atoms with Gasteiger partial charge in [-0.1, -0.05) is 24.3 Å². The highest BCUT2D eigenvalue weighted by Gasteiger charge is 2.26. The Labute approximate surface area is 213 Å². The van der Waals surface area contributed by atoms with Crippen LogP contribution in [0.2, 0.25) is 0 Å². The van der Waals surface area contributed by atoms with Crippen molar-refractivity contribution in [3.8, 4) is 11.1 Å². The maximum absolute atomic E-state index is 10.1. The van der Waals surface area contributed by atoms with Crippen molar-refractivity contribution < 1.29 is 14.6 Å². The molecule has 1 saturated carbocycles. The fourth-order valence-corrected chi connectivity index (χ4v) is 5.60. The molecule has 3 heterocycles. The molecule has 1 aromatic carbocycles. The smallest absolute Gasteiger partial charge is 0.241 e. The van der Waals surface area contributed by atoms with Gasteiger partial charge in [-0.15, -0.1) is 5.10 Å². The van der Waals surface area contributed by atoms with E-state index in [9.17, 15) is 5.11 Å². The number of nitrogens with zero attached hydrogens (tertiary/aromatic N) is 4. The molecular weight excluding hydrogens is 454 g/mol. The van der Waals surface area contributed by atoms with Gasteiger partial charge < -0.3 is 19.9 Å². The van der Waals surface area contributed by atoms with E-state index in [0.717, 1.165) is 63.1 Å². The first-order valence-corrected chi connectivity index (χ1v) is 13.3. The highest BCUT2D eigenvalue weighted by atomic mass is 16.5. The molecule has 2 atom stereocenters. The molecule has 8 nitrogen and oxygen atoms in total. The quantitative estimate of drug-likeness (QED) is 0.485. The number of ether oxygens (including phenoxy) is 2. The van der Waals surface area contributed by atoms with E-state index in [1.165, 1.54) is 16.8 Å². The van der Waals surface area contributed by atoms with Gasteiger partial charge in [0, 0.05) is 49.5 Å². The molecule has 2 N–H and O–H groups in total. The number of rotatable bonds is 8. The average Bonchev–Trinajstić information content (AvgIpc) is 3.28. The Morgan fingerprint density at radius 2 is 1.83 bits per heavy atom. The number of benzene rings is 1. The molecule has 0 unspecified atom stereocenters. The molecule has 0 radical (unpaired) electrons. The first-order valence-electron chi connectivity index (χ1n) is 13.3. The molecular formula is C28H39N5O3. The standard InChI is InChI=1S/C28H39N5O3/c1-19(18-35-3)30-28-29-17-27-25(16-26(33(27)31-28)23-8-10-24(34)11-9-23)22-6-4-21(5-7-22)20(2)32-12-14-36-15-13-32/h4-7,16-17,19-20,23-24,34H,8-15,18H2,1-3H3,(H,30,31)/t19-,20+,23?,24?/m0/s1. The second-order valence-corrected chi connectivity index (χ2v) is 10.3. The van der Waals surface area contributed by atoms with E-state index < -0.39 is 0 Å². The summed E-state index contributed by atoms with van der Waals surface area (Å²) in [6.07, 6.45) is 5.35. The minimum Gasteiger partial charge on any atom is -0.393 e. The van der Waals surface area contributed by atoms with Crippen molar-refractivity contribution >= 4 is 11.5 Å². The number of hydrogen-bond donors (Lipinski definition) is 2. The molecule has 3 aromatic rings. The third-order valence-corrected chi connectivity index (χ3v) is 7.75. The SMILES string of the molecule is COC[C@H](C)Nc1ncc2c(-c3ccc([C@@H](C)N4CCOCC4)cc3)cc(C3CCC(O)CC3)n2n1. The second-order valence-electron chi connectivity index (χ2n) is 10.3. The zero-order valence-electron chi connectivity index (χ0n) is 21.7. The van der Waals surface area contributed by atoms with E-state index in [0.29, 0.717) is 24.5 Å². The van der Waals surface area contributed by atoms with Crippen LogP contribution >= 0.6 is 0 Å². The number of aromatic nitrogens is 3. The summed E-state index contributed by atoms with van der Waals surface area (Å²) in [4.78, 5) is 7.12. The Bertz CT molecular complexity index is 1130. The third kappa shape index (κ3) is 5.42. The van der Waals surface area contributed by atoms with Crippen molar-refractivity contribution in [3.05, 3.63) is 47.8 Å². The molecule has 5 rings (SSSR count). The largest absolute Gasteiger partial charge is 0.393 e. The van der Waals surface area contributed by atoms with Gasteiger partial charge in [-0.05, 0) is 56.7 Å². The van der Waals surface area contributed by atoms with Gasteiger partial charge in [0.05, 0.1) is 37.6 Å². The van der Waals surface area contributed by atoms with Crippen molar-refractivity contribution in [2.75, 3.05) is 45.3 Å². The number of methoxy groups -OCH3 is 1. The van der Waals surface area contributed by atoms with Crippen LogP contribution in [0.25, 0.3) is 16.6 Å². The van der Waals surface area contributed by atoms with Crippen LogP contribution in [0.3, 0.4) is 0 Å². The summed E-state index contributed by atoms with van der Waals surface area (Å²) in [5.41, 5.74) is 5.85. The van der Waals surface area contributed by atoms with Crippen LogP contribution in [-0.2, 0) is 9.47 Å². The zero-order valence-corrected chi connectivity index (χ0v) is 21.7. The van der Waals surface area contributed by atoms with Crippen molar-refractivity contribution in [3.63, 3.8) is 0 Å². The van der Waals surface area contributed by atoms with Crippen molar-refractivity contribution in [2.24, 2.45) is 0 Å². The highest BCUT2D eigenvalue weighted by molar-refractivity contribution is 5.81. The Kier molecular flexibility index (Phi) is 7.86. The van der Waals surface area contributed by atoms with Gasteiger partial charge in [0.1, 0.15) is 0 Å². The lowest BCUT2D eigenvalue weighted by molar-refractivity contribution is 0.0198. The minimum atomic E-state index is -0.185. The molecule has 194 valence electrons. The average molecular weight is 494 g/mol. The van der Waals surface area contributed by atoms with E-state index in [4.69, 9.17) is 14.6 Å². The van der Waals surface area contributed by atoms with Crippen LogP contribution in [0.4, 0.5) is 5.95 Å². The van der Waals surface area contributed by atoms with Crippen LogP contribution in [0.15, 0.2) is 36.5 Å². The highest BCUT2D eigenvalue weighted by Crippen LogP contribution is 2.38. The molecule has 2 aliphatic rings. The van der Waals surface area contributed by atoms with E-state index in [1.54, 1.807) is 7.11 Å². The maximum atomic E-state index is 10.1. The summed E-state index contributed by atoms with van der Waals surface area (Å²) in [5.74, 6) is 0.968. The summed E-state index contributed by atoms with van der Waals surface area (Å²) in [6.45, 7) is 8.48. The molecule has 1 aliphatic heterocycles. The van der Waals surface area contributed by atoms with Gasteiger partial charge in [0.2, 0.25) is 5.95 Å². The zero-order chi connectivity index (χ0) is 25.1. The number of hydrogen-bond acceptors (Lipinski definition) is 7. The predicted octanol–water partition coefficient (Wildman–Crippen LogP) is 4.25. The van der Waals surface area contributed by atoms with Crippen LogP contribution in [0, 0.1) is 0 Å². The van der Waals surface area contributed by atoms with E-state index in [1.807, 2.05) is 6.20 Å². The monoisotopic (exact) mass is 493 g/mol. The number of anilines is 1. The molecule has 2 fully saturated rings. The maximum Gasteiger partial charge on any atom is 0.241 e. The number of morpholine rings is 1. The van der Waals surface area contributed by atoms with Gasteiger partial charge >= 0.3 is 0 Å². The molecule has 2 aromatic heterocycles. The van der Waals surface area contributed by atoms with Gasteiger partial charge in [-0.2, -0.15) is 0 Å². The summed E-state index contributed by atoms with van der Waals surface area (Å²) >= 11 is 0. The molecule has 0 amide bonds. The van der Waals surface area contributed by atoms with Crippen molar-refractivity contribution in [2.45, 2.75) is 63.6 Å². The molecule has 1 aliphatic carbocycles. The fraction of sp³-hybridized carbons (Fsp3) is 0.571. The Morgan fingerprint density at radius 3 is 2.53 bits per heavy atom. The Morgan fingerprint density at radius 1 is 1.11 bits per heavy atom. The molecule has 8 heteroatoms. The molecule has 36 heavy (non-hydrogen) atoms. The van der Waals surface area contributed by atoms with E-state index in [2.05, 4.69) is 63.9 Å². The van der Waals surface area contributed by atoms with Crippen LogP contribution in [-0.4, -0.2) is 76.8 Å². The fourth-order valence-electron chi connectivity index (χ4n) is 5.60. The Hall–Kier alpha value is -2.52. The summed E-state index contributed by atoms with van der Waals surface area (Å²) in [7, 11) is 1.70. The predicted molar refractivity (Wildman–Crippen MR) is 141 cm³/mol. The van der Waals surface area contributed by atoms with Crippen molar-refractivity contribution in [1.29, 1.82) is 0 Å². The molecule has 1 saturated heterocycles. The number of nitrogens with one attached hydrogen (secondary N) is 1. The van der Waals surface area contributed by atoms with Gasteiger partial charge in [0.15, 0.2) is 0 Å². The van der Waals surface area contributed by atoms with E-state index >= 15 is 0 Å². The third-order valence-electron chi connectivity index (χ3n) is 7.75. The van der Waals surface area contributed by atoms with Gasteiger partial charge in [-0.3, -0.25) is 4.90 Å². The second kappa shape index (κ2) is 11.3. The van der Waals surface area contributed by atoms with Crippen LogP contribution < -0.4 is 5.32 Å². The minimum absolute atomic E-state index is 0.108. The van der Waals surface area contributed by atoms with E-state index in [-0.39, 0.29) is 12.1 Å². The normalized spacial score (nSPS) is 23.0.